The number of ketones is 1. The number of hydrogen-bond acceptors (Lipinski definition) is 5. The van der Waals surface area contributed by atoms with Gasteiger partial charge in [-0.2, -0.15) is 0 Å². The molecule has 0 atom stereocenters. The van der Waals surface area contributed by atoms with Gasteiger partial charge in [0.05, 0.1) is 0 Å². The lowest BCUT2D eigenvalue weighted by Gasteiger charge is -2.04. The maximum atomic E-state index is 11.1. The molecule has 0 N–H and O–H groups in total. The van der Waals surface area contributed by atoms with Crippen molar-refractivity contribution >= 4 is 17.7 Å². The van der Waals surface area contributed by atoms with Crippen LogP contribution in [0.4, 0.5) is 0 Å². The van der Waals surface area contributed by atoms with Gasteiger partial charge in [0.15, 0.2) is 13.2 Å². The van der Waals surface area contributed by atoms with Crippen molar-refractivity contribution in [2.75, 3.05) is 13.2 Å². The highest BCUT2D eigenvalue weighted by Gasteiger charge is 2.11. The first kappa shape index (κ1) is 14.1. The summed E-state index contributed by atoms with van der Waals surface area (Å²) < 4.78 is 9.11. The molecule has 0 amide bonds. The first-order valence-electron chi connectivity index (χ1n) is 4.51. The van der Waals surface area contributed by atoms with Crippen LogP contribution in [0.15, 0.2) is 24.3 Å². The van der Waals surface area contributed by atoms with E-state index < -0.39 is 30.9 Å². The number of hydrogen-bond donors (Lipinski definition) is 0. The second-order valence-electron chi connectivity index (χ2n) is 3.25. The van der Waals surface area contributed by atoms with E-state index in [2.05, 4.69) is 22.6 Å². The van der Waals surface area contributed by atoms with E-state index in [-0.39, 0.29) is 11.1 Å². The molecule has 16 heavy (non-hydrogen) atoms. The normalized spacial score (nSPS) is 9.12. The maximum absolute atomic E-state index is 11.1. The highest BCUT2D eigenvalue weighted by molar-refractivity contribution is 5.92. The van der Waals surface area contributed by atoms with Crippen LogP contribution < -0.4 is 0 Å². The van der Waals surface area contributed by atoms with Gasteiger partial charge < -0.3 is 9.47 Å². The van der Waals surface area contributed by atoms with Crippen molar-refractivity contribution in [3.05, 3.63) is 24.3 Å². The van der Waals surface area contributed by atoms with E-state index in [1.54, 1.807) is 0 Å². The smallest absolute Gasteiger partial charge is 0.333 e. The lowest BCUT2D eigenvalue weighted by Crippen LogP contribution is -2.20. The Bertz CT molecular complexity index is 308. The Hall–Kier alpha value is -1.91. The Morgan fingerprint density at radius 2 is 1.19 bits per heavy atom. The average Bonchev–Trinajstić information content (AvgIpc) is 2.21. The van der Waals surface area contributed by atoms with Crippen LogP contribution in [0.5, 0.6) is 0 Å². The molecule has 0 aromatic rings. The van der Waals surface area contributed by atoms with Gasteiger partial charge in [0, 0.05) is 11.1 Å². The van der Waals surface area contributed by atoms with Crippen molar-refractivity contribution in [1.82, 2.24) is 0 Å². The lowest BCUT2D eigenvalue weighted by atomic mass is 10.3. The van der Waals surface area contributed by atoms with Gasteiger partial charge in [-0.1, -0.05) is 13.2 Å². The topological polar surface area (TPSA) is 69.7 Å². The maximum Gasteiger partial charge on any atom is 0.333 e. The summed E-state index contributed by atoms with van der Waals surface area (Å²) in [5.74, 6) is -1.82. The summed E-state index contributed by atoms with van der Waals surface area (Å²) in [4.78, 5) is 32.9. The summed E-state index contributed by atoms with van der Waals surface area (Å²) in [6, 6.07) is 0. The SMILES string of the molecule is C=C(C)C(=O)OCC(=O)COC(=O)C(=C)C. The number of carbonyl (C=O) groups is 3. The van der Waals surface area contributed by atoms with Gasteiger partial charge in [-0.25, -0.2) is 9.59 Å². The number of rotatable bonds is 6. The van der Waals surface area contributed by atoms with Gasteiger partial charge >= 0.3 is 11.9 Å². The van der Waals surface area contributed by atoms with Crippen molar-refractivity contribution in [3.8, 4) is 0 Å². The molecule has 0 unspecified atom stereocenters. The minimum atomic E-state index is -0.653. The molecule has 0 saturated heterocycles. The van der Waals surface area contributed by atoms with Crippen LogP contribution in [0.2, 0.25) is 0 Å². The molecule has 0 aliphatic rings. The molecular formula is C11H14O5. The summed E-state index contributed by atoms with van der Waals surface area (Å²) >= 11 is 0. The predicted molar refractivity (Wildman–Crippen MR) is 56.6 cm³/mol. The van der Waals surface area contributed by atoms with E-state index in [0.717, 1.165) is 0 Å². The van der Waals surface area contributed by atoms with E-state index in [1.165, 1.54) is 13.8 Å². The van der Waals surface area contributed by atoms with Gasteiger partial charge in [0.2, 0.25) is 5.78 Å². The average molecular weight is 226 g/mol. The molecule has 0 heterocycles. The second-order valence-corrected chi connectivity index (χ2v) is 3.25. The van der Waals surface area contributed by atoms with Crippen LogP contribution in [0.1, 0.15) is 13.8 Å². The van der Waals surface area contributed by atoms with Crippen molar-refractivity contribution < 1.29 is 23.9 Å². The standard InChI is InChI=1S/C11H14O5/c1-7(2)10(13)15-5-9(12)6-16-11(14)8(3)4/h1,3,5-6H2,2,4H3. The fourth-order valence-corrected chi connectivity index (χ4v) is 0.580. The minimum absolute atomic E-state index is 0.201. The fraction of sp³-hybridized carbons (Fsp3) is 0.364. The Balaban J connectivity index is 3.84. The summed E-state index contributed by atoms with van der Waals surface area (Å²) in [6.45, 7) is 8.76. The van der Waals surface area contributed by atoms with Crippen LogP contribution in [-0.2, 0) is 23.9 Å². The Morgan fingerprint density at radius 1 is 0.875 bits per heavy atom. The van der Waals surface area contributed by atoms with Gasteiger partial charge in [0.1, 0.15) is 0 Å². The van der Waals surface area contributed by atoms with E-state index in [0.29, 0.717) is 0 Å². The van der Waals surface area contributed by atoms with E-state index in [9.17, 15) is 14.4 Å². The summed E-state index contributed by atoms with van der Waals surface area (Å²) in [6.07, 6.45) is 0. The number of ether oxygens (including phenoxy) is 2. The fourth-order valence-electron chi connectivity index (χ4n) is 0.580. The third-order valence-electron chi connectivity index (χ3n) is 1.43. The molecule has 0 rings (SSSR count). The minimum Gasteiger partial charge on any atom is -0.454 e. The molecule has 5 nitrogen and oxygen atoms in total. The zero-order valence-corrected chi connectivity index (χ0v) is 9.37. The van der Waals surface area contributed by atoms with Crippen LogP contribution in [0.3, 0.4) is 0 Å². The zero-order chi connectivity index (χ0) is 12.7. The second kappa shape index (κ2) is 6.55. The molecule has 0 radical (unpaired) electrons. The quantitative estimate of drug-likeness (QED) is 0.494. The molecule has 88 valence electrons. The van der Waals surface area contributed by atoms with Crippen LogP contribution in [0, 0.1) is 0 Å². The Kier molecular flexibility index (Phi) is 5.77. The number of Topliss-reactive ketones (excluding diaryl/α,β-unsaturated/α-hetero) is 1. The van der Waals surface area contributed by atoms with Crippen molar-refractivity contribution in [3.63, 3.8) is 0 Å². The Morgan fingerprint density at radius 3 is 1.44 bits per heavy atom. The van der Waals surface area contributed by atoms with Crippen LogP contribution in [-0.4, -0.2) is 30.9 Å². The van der Waals surface area contributed by atoms with Crippen LogP contribution in [0.25, 0.3) is 0 Å². The van der Waals surface area contributed by atoms with Gasteiger partial charge in [-0.3, -0.25) is 4.79 Å². The molecule has 0 bridgehead atoms. The highest BCUT2D eigenvalue weighted by atomic mass is 16.6. The number of carbonyl (C=O) groups excluding carboxylic acids is 3. The molecule has 0 aromatic heterocycles. The third kappa shape index (κ3) is 5.74. The molecule has 0 fully saturated rings. The molecule has 0 spiro atoms. The molecule has 5 heteroatoms. The van der Waals surface area contributed by atoms with Gasteiger partial charge in [0.25, 0.3) is 0 Å². The highest BCUT2D eigenvalue weighted by Crippen LogP contribution is 1.94. The predicted octanol–water partition coefficient (Wildman–Crippen LogP) is 0.794. The van der Waals surface area contributed by atoms with Crippen molar-refractivity contribution in [2.45, 2.75) is 13.8 Å². The molecule has 0 saturated carbocycles. The van der Waals surface area contributed by atoms with Gasteiger partial charge in [-0.15, -0.1) is 0 Å². The van der Waals surface area contributed by atoms with E-state index >= 15 is 0 Å². The first-order chi connectivity index (χ1) is 7.34. The zero-order valence-electron chi connectivity index (χ0n) is 9.37. The largest absolute Gasteiger partial charge is 0.454 e. The van der Waals surface area contributed by atoms with E-state index in [4.69, 9.17) is 0 Å². The number of esters is 2. The molecule has 0 aliphatic carbocycles. The molecular weight excluding hydrogens is 212 g/mol. The first-order valence-corrected chi connectivity index (χ1v) is 4.51. The summed E-state index contributed by atoms with van der Waals surface area (Å²) in [7, 11) is 0. The molecule has 0 aliphatic heterocycles. The van der Waals surface area contributed by atoms with Crippen molar-refractivity contribution in [1.29, 1.82) is 0 Å². The third-order valence-corrected chi connectivity index (χ3v) is 1.43. The summed E-state index contributed by atoms with van der Waals surface area (Å²) in [5, 5.41) is 0. The van der Waals surface area contributed by atoms with Gasteiger partial charge in [-0.05, 0) is 13.8 Å². The van der Waals surface area contributed by atoms with Crippen LogP contribution >= 0.6 is 0 Å². The Labute approximate surface area is 93.7 Å². The summed E-state index contributed by atoms with van der Waals surface area (Å²) in [5.41, 5.74) is 0.401. The monoisotopic (exact) mass is 226 g/mol. The molecule has 0 aromatic carbocycles. The lowest BCUT2D eigenvalue weighted by molar-refractivity contribution is -0.149. The van der Waals surface area contributed by atoms with E-state index in [1.807, 2.05) is 0 Å². The van der Waals surface area contributed by atoms with Crippen molar-refractivity contribution in [2.24, 2.45) is 0 Å².